The summed E-state index contributed by atoms with van der Waals surface area (Å²) in [7, 11) is -1.53. The molecule has 0 spiro atoms. The summed E-state index contributed by atoms with van der Waals surface area (Å²) in [5, 5.41) is 12.8. The summed E-state index contributed by atoms with van der Waals surface area (Å²) in [4.78, 5) is 21.8. The lowest BCUT2D eigenvalue weighted by molar-refractivity contribution is -0.384. The second-order valence-electron chi connectivity index (χ2n) is 3.86. The van der Waals surface area contributed by atoms with Gasteiger partial charge in [0.25, 0.3) is 11.6 Å². The molecule has 1 aromatic carbocycles. The molecule has 0 N–H and O–H groups in total. The first kappa shape index (κ1) is 16.9. The van der Waals surface area contributed by atoms with E-state index in [1.807, 2.05) is 0 Å². The van der Waals surface area contributed by atoms with Crippen LogP contribution < -0.4 is 0 Å². The van der Waals surface area contributed by atoms with Crippen molar-refractivity contribution in [1.82, 2.24) is 4.90 Å². The number of rotatable bonds is 5. The van der Waals surface area contributed by atoms with E-state index in [2.05, 4.69) is 9.44 Å². The molecule has 1 aromatic rings. The molecule has 0 aliphatic rings. The average Bonchev–Trinajstić information content (AvgIpc) is 2.44. The molecule has 21 heavy (non-hydrogen) atoms. The van der Waals surface area contributed by atoms with Gasteiger partial charge in [0.2, 0.25) is 5.17 Å². The van der Waals surface area contributed by atoms with Crippen LogP contribution in [0.2, 0.25) is 0 Å². The second-order valence-corrected chi connectivity index (χ2v) is 5.75. The van der Waals surface area contributed by atoms with Gasteiger partial charge in [-0.2, -0.15) is 8.42 Å². The molecular weight excluding hydrogens is 326 g/mol. The van der Waals surface area contributed by atoms with Crippen LogP contribution in [0.1, 0.15) is 0 Å². The van der Waals surface area contributed by atoms with Crippen LogP contribution in [0.25, 0.3) is 0 Å². The lowest BCUT2D eigenvalue weighted by atomic mass is 10.3. The van der Waals surface area contributed by atoms with Gasteiger partial charge in [0.1, 0.15) is 4.90 Å². The van der Waals surface area contributed by atoms with Crippen molar-refractivity contribution in [3.8, 4) is 0 Å². The monoisotopic (exact) mass is 335 g/mol. The highest BCUT2D eigenvalue weighted by molar-refractivity contribution is 7.86. The van der Waals surface area contributed by atoms with Crippen molar-refractivity contribution in [2.75, 3.05) is 14.1 Å². The Labute approximate surface area is 125 Å². The normalized spacial score (nSPS) is 11.9. The number of hydrogen-bond acceptors (Lipinski definition) is 7. The summed E-state index contributed by atoms with van der Waals surface area (Å²) >= 11 is 5.47. The summed E-state index contributed by atoms with van der Waals surface area (Å²) in [6.07, 6.45) is 0. The highest BCUT2D eigenvalue weighted by Gasteiger charge is 2.19. The van der Waals surface area contributed by atoms with Gasteiger partial charge in [-0.15, -0.1) is 0 Å². The highest BCUT2D eigenvalue weighted by atomic mass is 35.5. The molecule has 114 valence electrons. The molecule has 0 bridgehead atoms. The fourth-order valence-electron chi connectivity index (χ4n) is 1.08. The fraction of sp³-hybridized carbons (Fsp3) is 0.200. The number of carbonyl (C=O) groups excluding carboxylic acids is 1. The summed E-state index contributed by atoms with van der Waals surface area (Å²) in [5.74, 6) is -0.740. The number of halogens is 1. The van der Waals surface area contributed by atoms with Gasteiger partial charge in [-0.25, -0.2) is 0 Å². The van der Waals surface area contributed by atoms with Crippen LogP contribution >= 0.6 is 11.6 Å². The third-order valence-corrected chi connectivity index (χ3v) is 3.49. The van der Waals surface area contributed by atoms with Gasteiger partial charge in [0, 0.05) is 26.2 Å². The molecule has 0 saturated heterocycles. The average molecular weight is 336 g/mol. The standard InChI is InChI=1S/C10H10ClN3O6S/c1-13(2)10(15)9(11)12-20-21(18,19)8-5-3-7(4-6-8)14(16)17/h3-6H,1-2H3. The van der Waals surface area contributed by atoms with Gasteiger partial charge in [-0.1, -0.05) is 11.6 Å². The Balaban J connectivity index is 2.94. The number of benzene rings is 1. The smallest absolute Gasteiger partial charge is 0.343 e. The minimum absolute atomic E-state index is 0.279. The molecule has 0 saturated carbocycles. The van der Waals surface area contributed by atoms with Gasteiger partial charge in [-0.3, -0.25) is 19.2 Å². The number of amides is 1. The molecule has 0 radical (unpaired) electrons. The Morgan fingerprint density at radius 2 is 1.86 bits per heavy atom. The molecule has 0 heterocycles. The molecule has 9 nitrogen and oxygen atoms in total. The van der Waals surface area contributed by atoms with E-state index in [0.29, 0.717) is 0 Å². The minimum atomic E-state index is -4.32. The van der Waals surface area contributed by atoms with E-state index in [9.17, 15) is 23.3 Å². The van der Waals surface area contributed by atoms with Gasteiger partial charge in [-0.05, 0) is 17.3 Å². The van der Waals surface area contributed by atoms with E-state index in [1.54, 1.807) is 0 Å². The predicted octanol–water partition coefficient (Wildman–Crippen LogP) is 0.941. The number of nitro groups is 1. The SMILES string of the molecule is CN(C)C(=O)C(Cl)=NOS(=O)(=O)c1ccc([N+](=O)[O-])cc1. The molecule has 0 aliphatic heterocycles. The zero-order chi connectivity index (χ0) is 16.2. The van der Waals surface area contributed by atoms with Crippen LogP contribution in [0, 0.1) is 10.1 Å². The van der Waals surface area contributed by atoms with Gasteiger partial charge in [0.15, 0.2) is 0 Å². The molecule has 0 unspecified atom stereocenters. The van der Waals surface area contributed by atoms with Gasteiger partial charge in [0.05, 0.1) is 4.92 Å². The zero-order valence-corrected chi connectivity index (χ0v) is 12.5. The van der Waals surface area contributed by atoms with Crippen molar-refractivity contribution in [3.63, 3.8) is 0 Å². The van der Waals surface area contributed by atoms with E-state index >= 15 is 0 Å². The topological polar surface area (TPSA) is 119 Å². The lowest BCUT2D eigenvalue weighted by Gasteiger charge is -2.07. The molecule has 0 aromatic heterocycles. The van der Waals surface area contributed by atoms with Crippen molar-refractivity contribution in [1.29, 1.82) is 0 Å². The fourth-order valence-corrected chi connectivity index (χ4v) is 2.06. The third-order valence-electron chi connectivity index (χ3n) is 2.13. The molecule has 1 amide bonds. The largest absolute Gasteiger partial charge is 0.358 e. The van der Waals surface area contributed by atoms with Crippen molar-refractivity contribution in [3.05, 3.63) is 34.4 Å². The summed E-state index contributed by atoms with van der Waals surface area (Å²) in [5.41, 5.74) is -0.279. The maximum absolute atomic E-state index is 11.7. The maximum atomic E-state index is 11.7. The lowest BCUT2D eigenvalue weighted by Crippen LogP contribution is -2.27. The number of hydrogen-bond donors (Lipinski definition) is 0. The highest BCUT2D eigenvalue weighted by Crippen LogP contribution is 2.17. The second kappa shape index (κ2) is 6.50. The Kier molecular flexibility index (Phi) is 5.22. The minimum Gasteiger partial charge on any atom is -0.343 e. The Hall–Kier alpha value is -2.20. The number of non-ortho nitro benzene ring substituents is 1. The van der Waals surface area contributed by atoms with Crippen molar-refractivity contribution in [2.24, 2.45) is 5.16 Å². The van der Waals surface area contributed by atoms with E-state index in [-0.39, 0.29) is 10.6 Å². The molecule has 1 rings (SSSR count). The van der Waals surface area contributed by atoms with Crippen LogP contribution in [0.5, 0.6) is 0 Å². The Morgan fingerprint density at radius 1 is 1.33 bits per heavy atom. The Bertz CT molecular complexity index is 683. The molecule has 0 aliphatic carbocycles. The summed E-state index contributed by atoms with van der Waals surface area (Å²) in [6, 6.07) is 3.94. The first-order valence-corrected chi connectivity index (χ1v) is 7.07. The van der Waals surface area contributed by atoms with Crippen molar-refractivity contribution in [2.45, 2.75) is 4.90 Å². The first-order valence-electron chi connectivity index (χ1n) is 5.28. The predicted molar refractivity (Wildman–Crippen MR) is 73.3 cm³/mol. The van der Waals surface area contributed by atoms with E-state index < -0.39 is 26.1 Å². The van der Waals surface area contributed by atoms with Crippen LogP contribution in [0.4, 0.5) is 5.69 Å². The van der Waals surface area contributed by atoms with E-state index in [1.165, 1.54) is 14.1 Å². The quantitative estimate of drug-likeness (QED) is 0.448. The number of nitro benzene ring substituents is 1. The van der Waals surface area contributed by atoms with Crippen LogP contribution in [0.15, 0.2) is 34.3 Å². The Morgan fingerprint density at radius 3 is 2.29 bits per heavy atom. The summed E-state index contributed by atoms with van der Waals surface area (Å²) in [6.45, 7) is 0. The molecular formula is C10H10ClN3O6S. The number of oxime groups is 1. The first-order chi connectivity index (χ1) is 9.65. The van der Waals surface area contributed by atoms with Gasteiger partial charge < -0.3 is 4.90 Å². The zero-order valence-electron chi connectivity index (χ0n) is 10.9. The third kappa shape index (κ3) is 4.39. The van der Waals surface area contributed by atoms with Gasteiger partial charge >= 0.3 is 10.1 Å². The summed E-state index contributed by atoms with van der Waals surface area (Å²) < 4.78 is 27.7. The van der Waals surface area contributed by atoms with Crippen LogP contribution in [0.3, 0.4) is 0 Å². The maximum Gasteiger partial charge on any atom is 0.358 e. The van der Waals surface area contributed by atoms with Crippen molar-refractivity contribution >= 4 is 38.5 Å². The van der Waals surface area contributed by atoms with Crippen LogP contribution in [-0.4, -0.2) is 43.4 Å². The number of nitrogens with zero attached hydrogens (tertiary/aromatic N) is 3. The van der Waals surface area contributed by atoms with E-state index in [0.717, 1.165) is 29.2 Å². The van der Waals surface area contributed by atoms with Crippen molar-refractivity contribution < 1.29 is 22.4 Å². The van der Waals surface area contributed by atoms with E-state index in [4.69, 9.17) is 11.6 Å². The molecule has 11 heteroatoms. The van der Waals surface area contributed by atoms with Crippen LogP contribution in [-0.2, 0) is 19.2 Å². The molecule has 0 fully saturated rings. The number of carbonyl (C=O) groups is 1. The molecule has 0 atom stereocenters.